The Kier molecular flexibility index (Phi) is 6.87. The van der Waals surface area contributed by atoms with Crippen molar-refractivity contribution in [2.45, 2.75) is 19.8 Å². The third-order valence-electron chi connectivity index (χ3n) is 2.68. The number of ether oxygens (including phenoxy) is 1. The Morgan fingerprint density at radius 1 is 1.35 bits per heavy atom. The minimum atomic E-state index is -0.825. The summed E-state index contributed by atoms with van der Waals surface area (Å²) in [4.78, 5) is 22.0. The van der Waals surface area contributed by atoms with Gasteiger partial charge in [-0.25, -0.2) is 0 Å². The number of carbonyl (C=O) groups excluding carboxylic acids is 1. The van der Waals surface area contributed by atoms with Gasteiger partial charge < -0.3 is 15.2 Å². The average molecular weight is 300 g/mol. The van der Waals surface area contributed by atoms with Crippen LogP contribution in [0.2, 0.25) is 5.02 Å². The van der Waals surface area contributed by atoms with E-state index >= 15 is 0 Å². The minimum Gasteiger partial charge on any atom is -0.484 e. The lowest BCUT2D eigenvalue weighted by Crippen LogP contribution is -2.32. The molecule has 0 bridgehead atoms. The minimum absolute atomic E-state index is 0.0761. The summed E-state index contributed by atoms with van der Waals surface area (Å²) in [5, 5.41) is 11.9. The summed E-state index contributed by atoms with van der Waals surface area (Å²) in [7, 11) is 0. The molecule has 6 heteroatoms. The second-order valence-corrected chi connectivity index (χ2v) is 5.02. The first kappa shape index (κ1) is 16.3. The van der Waals surface area contributed by atoms with Crippen LogP contribution in [0.15, 0.2) is 24.3 Å². The van der Waals surface area contributed by atoms with Crippen molar-refractivity contribution < 1.29 is 19.4 Å². The first-order valence-corrected chi connectivity index (χ1v) is 6.72. The van der Waals surface area contributed by atoms with Crippen molar-refractivity contribution in [2.24, 2.45) is 5.92 Å². The summed E-state index contributed by atoms with van der Waals surface area (Å²) >= 11 is 5.73. The van der Waals surface area contributed by atoms with Crippen molar-refractivity contribution in [2.75, 3.05) is 13.2 Å². The molecule has 0 spiro atoms. The number of hydrogen-bond acceptors (Lipinski definition) is 3. The van der Waals surface area contributed by atoms with Crippen molar-refractivity contribution in [3.05, 3.63) is 29.3 Å². The second-order valence-electron chi connectivity index (χ2n) is 4.58. The number of amides is 1. The van der Waals surface area contributed by atoms with Crippen LogP contribution in [0.5, 0.6) is 5.75 Å². The van der Waals surface area contributed by atoms with Gasteiger partial charge in [0.15, 0.2) is 6.61 Å². The number of rotatable bonds is 8. The number of benzene rings is 1. The van der Waals surface area contributed by atoms with E-state index in [9.17, 15) is 9.59 Å². The van der Waals surface area contributed by atoms with Gasteiger partial charge in [-0.2, -0.15) is 0 Å². The van der Waals surface area contributed by atoms with Crippen LogP contribution in [0.3, 0.4) is 0 Å². The van der Waals surface area contributed by atoms with Crippen LogP contribution in [0.4, 0.5) is 0 Å². The fraction of sp³-hybridized carbons (Fsp3) is 0.429. The highest BCUT2D eigenvalue weighted by Crippen LogP contribution is 2.15. The van der Waals surface area contributed by atoms with E-state index in [1.54, 1.807) is 24.3 Å². The normalized spacial score (nSPS) is 11.7. The lowest BCUT2D eigenvalue weighted by Gasteiger charge is -2.12. The van der Waals surface area contributed by atoms with Gasteiger partial charge in [-0.15, -0.1) is 0 Å². The number of carbonyl (C=O) groups is 2. The lowest BCUT2D eigenvalue weighted by atomic mass is 10.1. The van der Waals surface area contributed by atoms with Gasteiger partial charge >= 0.3 is 5.97 Å². The molecule has 0 saturated carbocycles. The maximum absolute atomic E-state index is 11.5. The molecule has 1 amide bonds. The van der Waals surface area contributed by atoms with E-state index in [0.29, 0.717) is 23.7 Å². The van der Waals surface area contributed by atoms with Crippen LogP contribution in [-0.4, -0.2) is 30.1 Å². The smallest absolute Gasteiger partial charge is 0.303 e. The van der Waals surface area contributed by atoms with Crippen molar-refractivity contribution in [3.63, 3.8) is 0 Å². The van der Waals surface area contributed by atoms with E-state index in [2.05, 4.69) is 5.32 Å². The van der Waals surface area contributed by atoms with Crippen LogP contribution in [-0.2, 0) is 9.59 Å². The average Bonchev–Trinajstić information content (AvgIpc) is 2.42. The lowest BCUT2D eigenvalue weighted by molar-refractivity contribution is -0.137. The van der Waals surface area contributed by atoms with E-state index in [4.69, 9.17) is 21.4 Å². The maximum Gasteiger partial charge on any atom is 0.303 e. The van der Waals surface area contributed by atoms with Crippen LogP contribution in [0.25, 0.3) is 0 Å². The molecular formula is C14H18ClNO4. The Labute approximate surface area is 122 Å². The summed E-state index contributed by atoms with van der Waals surface area (Å²) in [5.74, 6) is -0.370. The van der Waals surface area contributed by atoms with Gasteiger partial charge in [0.25, 0.3) is 5.91 Å². The molecule has 0 heterocycles. The summed E-state index contributed by atoms with van der Waals surface area (Å²) in [6.45, 7) is 2.26. The van der Waals surface area contributed by atoms with E-state index in [0.717, 1.165) is 0 Å². The van der Waals surface area contributed by atoms with Crippen molar-refractivity contribution >= 4 is 23.5 Å². The molecule has 0 aromatic heterocycles. The Bertz CT molecular complexity index is 447. The molecule has 110 valence electrons. The number of carboxylic acid groups (broad SMARTS) is 1. The molecule has 5 nitrogen and oxygen atoms in total. The van der Waals surface area contributed by atoms with Gasteiger partial charge in [0.2, 0.25) is 0 Å². The molecule has 1 aromatic carbocycles. The van der Waals surface area contributed by atoms with Crippen LogP contribution in [0.1, 0.15) is 19.8 Å². The predicted octanol–water partition coefficient (Wildman–Crippen LogP) is 2.34. The Morgan fingerprint density at radius 3 is 2.60 bits per heavy atom. The highest BCUT2D eigenvalue weighted by Gasteiger charge is 2.08. The summed E-state index contributed by atoms with van der Waals surface area (Å²) < 4.78 is 5.29. The van der Waals surface area contributed by atoms with Crippen molar-refractivity contribution in [1.29, 1.82) is 0 Å². The monoisotopic (exact) mass is 299 g/mol. The van der Waals surface area contributed by atoms with Gasteiger partial charge in [-0.05, 0) is 36.6 Å². The maximum atomic E-state index is 11.5. The Balaban J connectivity index is 2.20. The van der Waals surface area contributed by atoms with E-state index in [1.165, 1.54) is 0 Å². The van der Waals surface area contributed by atoms with E-state index < -0.39 is 5.97 Å². The fourth-order valence-corrected chi connectivity index (χ4v) is 1.62. The predicted molar refractivity (Wildman–Crippen MR) is 76.0 cm³/mol. The third kappa shape index (κ3) is 6.99. The van der Waals surface area contributed by atoms with Crippen LogP contribution < -0.4 is 10.1 Å². The first-order valence-electron chi connectivity index (χ1n) is 6.34. The van der Waals surface area contributed by atoms with E-state index in [1.807, 2.05) is 6.92 Å². The molecule has 2 N–H and O–H groups in total. The van der Waals surface area contributed by atoms with Crippen molar-refractivity contribution in [3.8, 4) is 5.75 Å². The molecular weight excluding hydrogens is 282 g/mol. The fourth-order valence-electron chi connectivity index (χ4n) is 1.49. The molecule has 0 aliphatic rings. The number of hydrogen-bond donors (Lipinski definition) is 2. The molecule has 0 saturated heterocycles. The van der Waals surface area contributed by atoms with E-state index in [-0.39, 0.29) is 24.9 Å². The zero-order valence-corrected chi connectivity index (χ0v) is 12.0. The summed E-state index contributed by atoms with van der Waals surface area (Å²) in [5.41, 5.74) is 0. The number of nitrogens with one attached hydrogen (secondary N) is 1. The molecule has 0 aliphatic heterocycles. The zero-order valence-electron chi connectivity index (χ0n) is 11.3. The number of carboxylic acids is 1. The third-order valence-corrected chi connectivity index (χ3v) is 2.93. The van der Waals surface area contributed by atoms with Gasteiger partial charge in [-0.1, -0.05) is 18.5 Å². The SMILES string of the molecule is CC(CCC(=O)O)CNC(=O)COc1ccc(Cl)cc1. The van der Waals surface area contributed by atoms with Gasteiger partial charge in [0.1, 0.15) is 5.75 Å². The summed E-state index contributed by atoms with van der Waals surface area (Å²) in [6, 6.07) is 6.74. The molecule has 0 aliphatic carbocycles. The molecule has 20 heavy (non-hydrogen) atoms. The second kappa shape index (κ2) is 8.43. The molecule has 1 atom stereocenters. The molecule has 1 aromatic rings. The molecule has 1 rings (SSSR count). The standard InChI is InChI=1S/C14H18ClNO4/c1-10(2-7-14(18)19)8-16-13(17)9-20-12-5-3-11(15)4-6-12/h3-6,10H,2,7-9H2,1H3,(H,16,17)(H,18,19). The molecule has 0 radical (unpaired) electrons. The zero-order chi connectivity index (χ0) is 15.0. The molecule has 1 unspecified atom stereocenters. The van der Waals surface area contributed by atoms with Crippen molar-refractivity contribution in [1.82, 2.24) is 5.32 Å². The quantitative estimate of drug-likeness (QED) is 0.772. The van der Waals surface area contributed by atoms with Crippen LogP contribution >= 0.6 is 11.6 Å². The van der Waals surface area contributed by atoms with Gasteiger partial charge in [0, 0.05) is 18.0 Å². The highest BCUT2D eigenvalue weighted by atomic mass is 35.5. The number of aliphatic carboxylic acids is 1. The Morgan fingerprint density at radius 2 is 2.00 bits per heavy atom. The van der Waals surface area contributed by atoms with Crippen LogP contribution in [0, 0.1) is 5.92 Å². The summed E-state index contributed by atoms with van der Waals surface area (Å²) in [6.07, 6.45) is 0.645. The topological polar surface area (TPSA) is 75.6 Å². The van der Waals surface area contributed by atoms with Gasteiger partial charge in [-0.3, -0.25) is 9.59 Å². The number of halogens is 1. The Hall–Kier alpha value is -1.75. The molecule has 0 fully saturated rings. The highest BCUT2D eigenvalue weighted by molar-refractivity contribution is 6.30. The largest absolute Gasteiger partial charge is 0.484 e. The van der Waals surface area contributed by atoms with Gasteiger partial charge in [0.05, 0.1) is 0 Å². The first-order chi connectivity index (χ1) is 9.47.